The maximum atomic E-state index is 12.9. The number of rotatable bonds is 5. The highest BCUT2D eigenvalue weighted by molar-refractivity contribution is 6.30. The minimum atomic E-state index is -1.00. The maximum absolute atomic E-state index is 12.9. The Labute approximate surface area is 171 Å². The SMILES string of the molecule is O=C(O)/C=C/c1cccc(-c2cnc3[nH]cc(C(=O)c4ccc(Cl)cc4)c3c2)c1. The fourth-order valence-electron chi connectivity index (χ4n) is 3.10. The van der Waals surface area contributed by atoms with E-state index in [0.717, 1.165) is 22.8 Å². The highest BCUT2D eigenvalue weighted by atomic mass is 35.5. The number of nitrogens with one attached hydrogen (secondary N) is 1. The Bertz CT molecular complexity index is 1260. The molecule has 0 aliphatic carbocycles. The molecule has 0 saturated carbocycles. The number of hydrogen-bond donors (Lipinski definition) is 2. The highest BCUT2D eigenvalue weighted by Gasteiger charge is 2.15. The summed E-state index contributed by atoms with van der Waals surface area (Å²) in [6.45, 7) is 0. The number of carboxylic acid groups (broad SMARTS) is 1. The van der Waals surface area contributed by atoms with E-state index in [0.29, 0.717) is 27.2 Å². The zero-order valence-electron chi connectivity index (χ0n) is 15.1. The van der Waals surface area contributed by atoms with E-state index in [9.17, 15) is 9.59 Å². The van der Waals surface area contributed by atoms with Gasteiger partial charge in [-0.3, -0.25) is 4.79 Å². The van der Waals surface area contributed by atoms with Gasteiger partial charge in [0.15, 0.2) is 5.78 Å². The molecule has 0 amide bonds. The average molecular weight is 403 g/mol. The fraction of sp³-hybridized carbons (Fsp3) is 0. The highest BCUT2D eigenvalue weighted by Crippen LogP contribution is 2.27. The predicted octanol–water partition coefficient (Wildman–Crippen LogP) is 5.21. The number of carboxylic acids is 1. The molecule has 6 heteroatoms. The Morgan fingerprint density at radius 2 is 1.83 bits per heavy atom. The molecule has 0 unspecified atom stereocenters. The van der Waals surface area contributed by atoms with Crippen molar-refractivity contribution in [2.24, 2.45) is 0 Å². The molecule has 2 heterocycles. The molecule has 0 aliphatic rings. The van der Waals surface area contributed by atoms with Gasteiger partial charge >= 0.3 is 5.97 Å². The van der Waals surface area contributed by atoms with E-state index in [4.69, 9.17) is 16.7 Å². The van der Waals surface area contributed by atoms with Gasteiger partial charge in [0.2, 0.25) is 0 Å². The van der Waals surface area contributed by atoms with Crippen molar-refractivity contribution in [3.8, 4) is 11.1 Å². The molecule has 5 nitrogen and oxygen atoms in total. The van der Waals surface area contributed by atoms with Gasteiger partial charge in [0.05, 0.1) is 0 Å². The molecule has 0 saturated heterocycles. The Morgan fingerprint density at radius 1 is 1.03 bits per heavy atom. The second-order valence-corrected chi connectivity index (χ2v) is 6.89. The van der Waals surface area contributed by atoms with Gasteiger partial charge in [0, 0.05) is 45.6 Å². The van der Waals surface area contributed by atoms with Crippen LogP contribution in [0.15, 0.2) is 73.1 Å². The summed E-state index contributed by atoms with van der Waals surface area (Å²) < 4.78 is 0. The number of hydrogen-bond acceptors (Lipinski definition) is 3. The smallest absolute Gasteiger partial charge is 0.328 e. The minimum Gasteiger partial charge on any atom is -0.478 e. The third-order valence-electron chi connectivity index (χ3n) is 4.52. The van der Waals surface area contributed by atoms with Gasteiger partial charge < -0.3 is 10.1 Å². The number of aromatic amines is 1. The van der Waals surface area contributed by atoms with Gasteiger partial charge in [-0.1, -0.05) is 29.8 Å². The first kappa shape index (κ1) is 18.7. The van der Waals surface area contributed by atoms with Crippen LogP contribution in [0.4, 0.5) is 0 Å². The first-order valence-electron chi connectivity index (χ1n) is 8.80. The van der Waals surface area contributed by atoms with Crippen molar-refractivity contribution in [3.63, 3.8) is 0 Å². The first-order valence-corrected chi connectivity index (χ1v) is 9.18. The lowest BCUT2D eigenvalue weighted by molar-refractivity contribution is -0.131. The third kappa shape index (κ3) is 3.95. The van der Waals surface area contributed by atoms with Gasteiger partial charge in [-0.15, -0.1) is 0 Å². The normalized spacial score (nSPS) is 11.2. The van der Waals surface area contributed by atoms with E-state index in [1.807, 2.05) is 30.3 Å². The monoisotopic (exact) mass is 402 g/mol. The summed E-state index contributed by atoms with van der Waals surface area (Å²) >= 11 is 5.91. The van der Waals surface area contributed by atoms with Gasteiger partial charge in [-0.2, -0.15) is 0 Å². The number of aliphatic carboxylic acids is 1. The van der Waals surface area contributed by atoms with Crippen molar-refractivity contribution >= 4 is 40.5 Å². The van der Waals surface area contributed by atoms with Gasteiger partial charge in [0.1, 0.15) is 5.65 Å². The van der Waals surface area contributed by atoms with E-state index in [1.54, 1.807) is 36.7 Å². The molecule has 4 aromatic rings. The fourth-order valence-corrected chi connectivity index (χ4v) is 3.22. The number of pyridine rings is 1. The Balaban J connectivity index is 1.74. The average Bonchev–Trinajstić information content (AvgIpc) is 3.16. The van der Waals surface area contributed by atoms with Crippen LogP contribution in [0, 0.1) is 0 Å². The van der Waals surface area contributed by atoms with Crippen LogP contribution >= 0.6 is 11.6 Å². The molecule has 0 fully saturated rings. The van der Waals surface area contributed by atoms with Crippen LogP contribution in [0.3, 0.4) is 0 Å². The number of nitrogens with zero attached hydrogens (tertiary/aromatic N) is 1. The lowest BCUT2D eigenvalue weighted by Gasteiger charge is -2.05. The molecule has 0 radical (unpaired) electrons. The standard InChI is InChI=1S/C23H15ClN2O3/c24-18-7-5-15(6-8-18)22(29)20-13-26-23-19(20)11-17(12-25-23)16-3-1-2-14(10-16)4-9-21(27)28/h1-13H,(H,25,26)(H,27,28)/b9-4+. The second kappa shape index (κ2) is 7.73. The van der Waals surface area contributed by atoms with E-state index in [2.05, 4.69) is 9.97 Å². The molecule has 0 spiro atoms. The number of carbonyl (C=O) groups is 2. The van der Waals surface area contributed by atoms with Crippen LogP contribution in [-0.2, 0) is 4.79 Å². The van der Waals surface area contributed by atoms with Crippen LogP contribution in [0.1, 0.15) is 21.5 Å². The first-order chi connectivity index (χ1) is 14.0. The number of benzene rings is 2. The Morgan fingerprint density at radius 3 is 2.59 bits per heavy atom. The summed E-state index contributed by atoms with van der Waals surface area (Å²) in [6.07, 6.45) is 6.00. The van der Waals surface area contributed by atoms with Crippen molar-refractivity contribution < 1.29 is 14.7 Å². The number of ketones is 1. The van der Waals surface area contributed by atoms with Gasteiger partial charge in [-0.25, -0.2) is 9.78 Å². The lowest BCUT2D eigenvalue weighted by atomic mass is 10.00. The summed E-state index contributed by atoms with van der Waals surface area (Å²) in [5.74, 6) is -1.12. The molecule has 0 aliphatic heterocycles. The Kier molecular flexibility index (Phi) is 4.97. The molecule has 2 N–H and O–H groups in total. The van der Waals surface area contributed by atoms with E-state index >= 15 is 0 Å². The minimum absolute atomic E-state index is 0.120. The zero-order chi connectivity index (χ0) is 20.4. The summed E-state index contributed by atoms with van der Waals surface area (Å²) in [5.41, 5.74) is 4.15. The van der Waals surface area contributed by atoms with Gasteiger partial charge in [-0.05, 0) is 53.6 Å². The molecule has 0 bridgehead atoms. The molecule has 4 rings (SSSR count). The van der Waals surface area contributed by atoms with Crippen LogP contribution < -0.4 is 0 Å². The van der Waals surface area contributed by atoms with Gasteiger partial charge in [0.25, 0.3) is 0 Å². The van der Waals surface area contributed by atoms with Crippen LogP contribution in [0.25, 0.3) is 28.2 Å². The molecule has 2 aromatic heterocycles. The lowest BCUT2D eigenvalue weighted by Crippen LogP contribution is -2.00. The van der Waals surface area contributed by atoms with Crippen LogP contribution in [-0.4, -0.2) is 26.8 Å². The molecular weight excluding hydrogens is 388 g/mol. The number of fused-ring (bicyclic) bond motifs is 1. The second-order valence-electron chi connectivity index (χ2n) is 6.46. The van der Waals surface area contributed by atoms with Crippen molar-refractivity contribution in [2.75, 3.05) is 0 Å². The van der Waals surface area contributed by atoms with Crippen molar-refractivity contribution in [3.05, 3.63) is 94.8 Å². The quantitative estimate of drug-likeness (QED) is 0.354. The van der Waals surface area contributed by atoms with E-state index in [-0.39, 0.29) is 5.78 Å². The molecular formula is C23H15ClN2O3. The molecule has 2 aromatic carbocycles. The maximum Gasteiger partial charge on any atom is 0.328 e. The third-order valence-corrected chi connectivity index (χ3v) is 4.77. The number of carbonyl (C=O) groups excluding carboxylic acids is 1. The molecule has 0 atom stereocenters. The predicted molar refractivity (Wildman–Crippen MR) is 113 cm³/mol. The summed E-state index contributed by atoms with van der Waals surface area (Å²) in [4.78, 5) is 31.1. The zero-order valence-corrected chi connectivity index (χ0v) is 15.9. The molecule has 29 heavy (non-hydrogen) atoms. The number of aromatic nitrogens is 2. The van der Waals surface area contributed by atoms with E-state index in [1.165, 1.54) is 6.08 Å². The summed E-state index contributed by atoms with van der Waals surface area (Å²) in [6, 6.07) is 16.1. The number of halogens is 1. The molecule has 142 valence electrons. The summed E-state index contributed by atoms with van der Waals surface area (Å²) in [5, 5.41) is 10.1. The van der Waals surface area contributed by atoms with E-state index < -0.39 is 5.97 Å². The van der Waals surface area contributed by atoms with Crippen molar-refractivity contribution in [1.82, 2.24) is 9.97 Å². The topological polar surface area (TPSA) is 83.0 Å². The summed E-state index contributed by atoms with van der Waals surface area (Å²) in [7, 11) is 0. The number of H-pyrrole nitrogens is 1. The van der Waals surface area contributed by atoms with Crippen molar-refractivity contribution in [1.29, 1.82) is 0 Å². The Hall–Kier alpha value is -3.70. The van der Waals surface area contributed by atoms with Crippen LogP contribution in [0.2, 0.25) is 5.02 Å². The largest absolute Gasteiger partial charge is 0.478 e. The van der Waals surface area contributed by atoms with Crippen molar-refractivity contribution in [2.45, 2.75) is 0 Å². The van der Waals surface area contributed by atoms with Crippen LogP contribution in [0.5, 0.6) is 0 Å².